The summed E-state index contributed by atoms with van der Waals surface area (Å²) in [6.07, 6.45) is -1.75. The average molecular weight is 293 g/mol. The van der Waals surface area contributed by atoms with Crippen molar-refractivity contribution >= 4 is 17.6 Å². The standard InChI is InChI=1S/C16H14ClFO2/c1-2-20-16(19)15(18)12-9-7-11(8-10-12)13-5-3-4-6-14(13)17/h3-10,15H,2H2,1H3. The Labute approximate surface area is 122 Å². The van der Waals surface area contributed by atoms with Gasteiger partial charge in [-0.25, -0.2) is 9.18 Å². The largest absolute Gasteiger partial charge is 0.464 e. The minimum Gasteiger partial charge on any atom is -0.464 e. The third-order valence-electron chi connectivity index (χ3n) is 2.88. The van der Waals surface area contributed by atoms with Crippen LogP contribution in [0.1, 0.15) is 18.7 Å². The summed E-state index contributed by atoms with van der Waals surface area (Å²) >= 11 is 6.10. The zero-order chi connectivity index (χ0) is 14.5. The molecule has 2 aromatic carbocycles. The van der Waals surface area contributed by atoms with Gasteiger partial charge in [-0.05, 0) is 24.1 Å². The van der Waals surface area contributed by atoms with E-state index in [0.29, 0.717) is 5.02 Å². The minimum atomic E-state index is -1.75. The fourth-order valence-corrected chi connectivity index (χ4v) is 2.12. The lowest BCUT2D eigenvalue weighted by Gasteiger charge is -2.09. The summed E-state index contributed by atoms with van der Waals surface area (Å²) in [6.45, 7) is 1.81. The lowest BCUT2D eigenvalue weighted by molar-refractivity contribution is -0.149. The predicted octanol–water partition coefficient (Wildman–Crippen LogP) is 4.58. The first-order valence-electron chi connectivity index (χ1n) is 6.29. The van der Waals surface area contributed by atoms with Crippen LogP contribution in [0, 0.1) is 0 Å². The van der Waals surface area contributed by atoms with E-state index in [1.807, 2.05) is 18.2 Å². The molecule has 0 fully saturated rings. The lowest BCUT2D eigenvalue weighted by Crippen LogP contribution is -2.11. The third-order valence-corrected chi connectivity index (χ3v) is 3.21. The van der Waals surface area contributed by atoms with Gasteiger partial charge in [0, 0.05) is 10.6 Å². The molecule has 104 valence electrons. The average Bonchev–Trinajstić information content (AvgIpc) is 2.47. The van der Waals surface area contributed by atoms with Crippen molar-refractivity contribution in [3.8, 4) is 11.1 Å². The maximum absolute atomic E-state index is 13.8. The molecule has 20 heavy (non-hydrogen) atoms. The van der Waals surface area contributed by atoms with E-state index in [4.69, 9.17) is 11.6 Å². The molecule has 2 aromatic rings. The number of halogens is 2. The summed E-state index contributed by atoms with van der Waals surface area (Å²) in [5, 5.41) is 0.627. The van der Waals surface area contributed by atoms with Gasteiger partial charge in [-0.1, -0.05) is 54.1 Å². The second-order valence-electron chi connectivity index (χ2n) is 4.22. The molecule has 0 bridgehead atoms. The highest BCUT2D eigenvalue weighted by molar-refractivity contribution is 6.33. The normalized spacial score (nSPS) is 11.9. The maximum Gasteiger partial charge on any atom is 0.345 e. The molecule has 0 aliphatic heterocycles. The van der Waals surface area contributed by atoms with Gasteiger partial charge in [0.15, 0.2) is 0 Å². The van der Waals surface area contributed by atoms with Gasteiger partial charge in [-0.15, -0.1) is 0 Å². The minimum absolute atomic E-state index is 0.164. The van der Waals surface area contributed by atoms with Crippen molar-refractivity contribution in [2.24, 2.45) is 0 Å². The zero-order valence-electron chi connectivity index (χ0n) is 11.0. The summed E-state index contributed by atoms with van der Waals surface area (Å²) in [4.78, 5) is 11.3. The molecule has 1 unspecified atom stereocenters. The number of ether oxygens (including phenoxy) is 1. The zero-order valence-corrected chi connectivity index (χ0v) is 11.7. The van der Waals surface area contributed by atoms with Crippen LogP contribution in [0.2, 0.25) is 5.02 Å². The first-order valence-corrected chi connectivity index (χ1v) is 6.67. The second-order valence-corrected chi connectivity index (χ2v) is 4.62. The third kappa shape index (κ3) is 3.17. The van der Waals surface area contributed by atoms with Crippen LogP contribution in [0.3, 0.4) is 0 Å². The molecule has 4 heteroatoms. The van der Waals surface area contributed by atoms with Gasteiger partial charge < -0.3 is 4.74 Å². The van der Waals surface area contributed by atoms with E-state index in [-0.39, 0.29) is 12.2 Å². The molecular weight excluding hydrogens is 279 g/mol. The number of hydrogen-bond donors (Lipinski definition) is 0. The van der Waals surface area contributed by atoms with Crippen LogP contribution in [-0.2, 0) is 9.53 Å². The summed E-state index contributed by atoms with van der Waals surface area (Å²) in [5.41, 5.74) is 2.02. The molecule has 0 aliphatic rings. The number of esters is 1. The Kier molecular flexibility index (Phi) is 4.74. The molecule has 0 aromatic heterocycles. The Bertz CT molecular complexity index is 596. The number of alkyl halides is 1. The van der Waals surface area contributed by atoms with Crippen LogP contribution in [0.4, 0.5) is 4.39 Å². The fourth-order valence-electron chi connectivity index (χ4n) is 1.88. The molecule has 0 radical (unpaired) electrons. The van der Waals surface area contributed by atoms with Crippen LogP contribution in [-0.4, -0.2) is 12.6 Å². The highest BCUT2D eigenvalue weighted by Gasteiger charge is 2.20. The predicted molar refractivity (Wildman–Crippen MR) is 77.4 cm³/mol. The van der Waals surface area contributed by atoms with E-state index in [1.54, 1.807) is 37.3 Å². The lowest BCUT2D eigenvalue weighted by atomic mass is 10.0. The van der Waals surface area contributed by atoms with E-state index in [2.05, 4.69) is 4.74 Å². The van der Waals surface area contributed by atoms with Gasteiger partial charge in [0.05, 0.1) is 6.61 Å². The van der Waals surface area contributed by atoms with Gasteiger partial charge >= 0.3 is 5.97 Å². The summed E-state index contributed by atoms with van der Waals surface area (Å²) in [6, 6.07) is 14.0. The summed E-state index contributed by atoms with van der Waals surface area (Å²) in [5.74, 6) is -0.863. The molecule has 0 heterocycles. The van der Waals surface area contributed by atoms with E-state index >= 15 is 0 Å². The van der Waals surface area contributed by atoms with Crippen molar-refractivity contribution in [3.63, 3.8) is 0 Å². The molecule has 1 atom stereocenters. The number of benzene rings is 2. The summed E-state index contributed by atoms with van der Waals surface area (Å²) < 4.78 is 18.5. The molecule has 0 saturated carbocycles. The number of carbonyl (C=O) groups excluding carboxylic acids is 1. The molecule has 0 saturated heterocycles. The SMILES string of the molecule is CCOC(=O)C(F)c1ccc(-c2ccccc2Cl)cc1. The van der Waals surface area contributed by atoms with Crippen molar-refractivity contribution in [2.45, 2.75) is 13.1 Å². The molecule has 0 spiro atoms. The highest BCUT2D eigenvalue weighted by Crippen LogP contribution is 2.29. The van der Waals surface area contributed by atoms with Crippen LogP contribution in [0.25, 0.3) is 11.1 Å². The quantitative estimate of drug-likeness (QED) is 0.771. The van der Waals surface area contributed by atoms with Crippen molar-refractivity contribution in [3.05, 3.63) is 59.1 Å². The van der Waals surface area contributed by atoms with Crippen LogP contribution in [0.5, 0.6) is 0 Å². The van der Waals surface area contributed by atoms with Gasteiger partial charge in [-0.2, -0.15) is 0 Å². The van der Waals surface area contributed by atoms with E-state index < -0.39 is 12.1 Å². The Morgan fingerprint density at radius 3 is 2.45 bits per heavy atom. The topological polar surface area (TPSA) is 26.3 Å². The molecule has 2 nitrogen and oxygen atoms in total. The van der Waals surface area contributed by atoms with Gasteiger partial charge in [0.1, 0.15) is 0 Å². The Hall–Kier alpha value is -1.87. The fraction of sp³-hybridized carbons (Fsp3) is 0.188. The first kappa shape index (κ1) is 14.5. The Morgan fingerprint density at radius 2 is 1.85 bits per heavy atom. The molecular formula is C16H14ClFO2. The van der Waals surface area contributed by atoms with Crippen LogP contribution >= 0.6 is 11.6 Å². The maximum atomic E-state index is 13.8. The van der Waals surface area contributed by atoms with Crippen molar-refractivity contribution in [2.75, 3.05) is 6.61 Å². The smallest absolute Gasteiger partial charge is 0.345 e. The van der Waals surface area contributed by atoms with E-state index in [9.17, 15) is 9.18 Å². The van der Waals surface area contributed by atoms with Gasteiger partial charge in [0.25, 0.3) is 0 Å². The molecule has 2 rings (SSSR count). The molecule has 0 amide bonds. The second kappa shape index (κ2) is 6.53. The van der Waals surface area contributed by atoms with Gasteiger partial charge in [-0.3, -0.25) is 0 Å². The van der Waals surface area contributed by atoms with E-state index in [0.717, 1.165) is 11.1 Å². The van der Waals surface area contributed by atoms with Crippen molar-refractivity contribution < 1.29 is 13.9 Å². The monoisotopic (exact) mass is 292 g/mol. The van der Waals surface area contributed by atoms with Crippen molar-refractivity contribution in [1.82, 2.24) is 0 Å². The van der Waals surface area contributed by atoms with Crippen LogP contribution in [0.15, 0.2) is 48.5 Å². The number of rotatable bonds is 4. The van der Waals surface area contributed by atoms with Crippen LogP contribution < -0.4 is 0 Å². The van der Waals surface area contributed by atoms with E-state index in [1.165, 1.54) is 0 Å². The Morgan fingerprint density at radius 1 is 1.20 bits per heavy atom. The number of hydrogen-bond acceptors (Lipinski definition) is 2. The van der Waals surface area contributed by atoms with Gasteiger partial charge in [0.2, 0.25) is 6.17 Å². The van der Waals surface area contributed by atoms with Crippen molar-refractivity contribution in [1.29, 1.82) is 0 Å². The Balaban J connectivity index is 2.23. The molecule has 0 aliphatic carbocycles. The highest BCUT2D eigenvalue weighted by atomic mass is 35.5. The first-order chi connectivity index (χ1) is 9.63. The summed E-state index contributed by atoms with van der Waals surface area (Å²) in [7, 11) is 0. The number of carbonyl (C=O) groups is 1. The molecule has 0 N–H and O–H groups in total.